The summed E-state index contributed by atoms with van der Waals surface area (Å²) in [7, 11) is 1.59. The van der Waals surface area contributed by atoms with Gasteiger partial charge in [0.05, 0.1) is 12.0 Å². The highest BCUT2D eigenvalue weighted by Gasteiger charge is 2.49. The number of halogens is 1. The van der Waals surface area contributed by atoms with Gasteiger partial charge in [0.25, 0.3) is 0 Å². The van der Waals surface area contributed by atoms with Gasteiger partial charge in [-0.05, 0) is 24.6 Å². The van der Waals surface area contributed by atoms with E-state index in [1.165, 1.54) is 0 Å². The molecule has 1 aliphatic heterocycles. The Bertz CT molecular complexity index is 546. The van der Waals surface area contributed by atoms with Crippen LogP contribution in [0.3, 0.4) is 0 Å². The number of hydrogen-bond donors (Lipinski definition) is 1. The molecule has 1 fully saturated rings. The molecule has 1 aliphatic rings. The molecule has 5 heteroatoms. The van der Waals surface area contributed by atoms with Gasteiger partial charge < -0.3 is 4.74 Å². The van der Waals surface area contributed by atoms with Gasteiger partial charge in [-0.3, -0.25) is 14.9 Å². The first-order chi connectivity index (χ1) is 9.38. The van der Waals surface area contributed by atoms with Gasteiger partial charge in [0.2, 0.25) is 11.8 Å². The van der Waals surface area contributed by atoms with E-state index in [9.17, 15) is 9.59 Å². The van der Waals surface area contributed by atoms with Crippen molar-refractivity contribution in [3.05, 3.63) is 34.9 Å². The lowest BCUT2D eigenvalue weighted by atomic mass is 9.65. The van der Waals surface area contributed by atoms with Gasteiger partial charge in [0, 0.05) is 24.0 Å². The van der Waals surface area contributed by atoms with E-state index in [4.69, 9.17) is 16.3 Å². The highest BCUT2D eigenvalue weighted by atomic mass is 35.5. The molecule has 3 atom stereocenters. The monoisotopic (exact) mass is 295 g/mol. The fourth-order valence-electron chi connectivity index (χ4n) is 2.87. The molecule has 2 amide bonds. The first-order valence-electron chi connectivity index (χ1n) is 6.50. The molecule has 1 saturated heterocycles. The Morgan fingerprint density at radius 2 is 2.15 bits per heavy atom. The molecule has 0 aliphatic carbocycles. The van der Waals surface area contributed by atoms with Crippen LogP contribution in [0.4, 0.5) is 0 Å². The molecule has 0 bridgehead atoms. The molecule has 0 spiro atoms. The summed E-state index contributed by atoms with van der Waals surface area (Å²) in [5.74, 6) is -1.02. The van der Waals surface area contributed by atoms with Gasteiger partial charge >= 0.3 is 0 Å². The number of piperidine rings is 1. The molecular formula is C15H18ClNO3. The van der Waals surface area contributed by atoms with Gasteiger partial charge in [-0.1, -0.05) is 30.7 Å². The summed E-state index contributed by atoms with van der Waals surface area (Å²) in [4.78, 5) is 24.1. The first-order valence-corrected chi connectivity index (χ1v) is 6.88. The zero-order valence-corrected chi connectivity index (χ0v) is 12.5. The molecule has 1 N–H and O–H groups in total. The minimum atomic E-state index is -0.598. The summed E-state index contributed by atoms with van der Waals surface area (Å²) in [5, 5.41) is 2.97. The van der Waals surface area contributed by atoms with Crippen LogP contribution >= 0.6 is 11.6 Å². The van der Waals surface area contributed by atoms with Crippen LogP contribution in [0.25, 0.3) is 0 Å². The van der Waals surface area contributed by atoms with Crippen molar-refractivity contribution in [1.29, 1.82) is 0 Å². The van der Waals surface area contributed by atoms with Crippen LogP contribution < -0.4 is 5.32 Å². The topological polar surface area (TPSA) is 55.4 Å². The molecule has 0 radical (unpaired) electrons. The normalized spacial score (nSPS) is 28.1. The quantitative estimate of drug-likeness (QED) is 0.872. The highest BCUT2D eigenvalue weighted by molar-refractivity contribution is 6.30. The number of rotatable bonds is 3. The number of benzene rings is 1. The Morgan fingerprint density at radius 3 is 2.75 bits per heavy atom. The number of hydrogen-bond acceptors (Lipinski definition) is 3. The van der Waals surface area contributed by atoms with E-state index in [0.29, 0.717) is 5.02 Å². The zero-order chi connectivity index (χ0) is 14.9. The number of methoxy groups -OCH3 is 1. The second-order valence-corrected chi connectivity index (χ2v) is 5.90. The summed E-state index contributed by atoms with van der Waals surface area (Å²) in [6, 6.07) is 7.18. The fraction of sp³-hybridized carbons (Fsp3) is 0.467. The molecule has 0 saturated carbocycles. The van der Waals surface area contributed by atoms with E-state index in [0.717, 1.165) is 5.56 Å². The number of carbonyl (C=O) groups is 2. The second kappa shape index (κ2) is 5.54. The van der Waals surface area contributed by atoms with Crippen LogP contribution in [0.1, 0.15) is 31.7 Å². The van der Waals surface area contributed by atoms with E-state index in [1.807, 2.05) is 19.9 Å². The Hall–Kier alpha value is -1.39. The zero-order valence-electron chi connectivity index (χ0n) is 11.8. The Kier molecular flexibility index (Phi) is 4.16. The predicted octanol–water partition coefficient (Wildman–Crippen LogP) is 2.51. The first kappa shape index (κ1) is 15.0. The molecule has 0 aromatic heterocycles. The van der Waals surface area contributed by atoms with Crippen LogP contribution in [0, 0.1) is 5.41 Å². The van der Waals surface area contributed by atoms with Crippen molar-refractivity contribution in [2.45, 2.75) is 32.3 Å². The van der Waals surface area contributed by atoms with E-state index in [2.05, 4.69) is 5.32 Å². The van der Waals surface area contributed by atoms with Crippen molar-refractivity contribution < 1.29 is 14.3 Å². The smallest absolute Gasteiger partial charge is 0.234 e. The largest absolute Gasteiger partial charge is 0.381 e. The number of carbonyl (C=O) groups excluding carboxylic acids is 2. The maximum Gasteiger partial charge on any atom is 0.234 e. The van der Waals surface area contributed by atoms with E-state index < -0.39 is 11.3 Å². The summed E-state index contributed by atoms with van der Waals surface area (Å²) >= 11 is 6.02. The third-order valence-corrected chi connectivity index (χ3v) is 4.43. The molecule has 1 aromatic rings. The molecule has 4 nitrogen and oxygen atoms in total. The van der Waals surface area contributed by atoms with Gasteiger partial charge in [0.1, 0.15) is 0 Å². The molecule has 3 unspecified atom stereocenters. The minimum absolute atomic E-state index is 0.235. The molecule has 2 rings (SSSR count). The van der Waals surface area contributed by atoms with Gasteiger partial charge in [0.15, 0.2) is 0 Å². The Morgan fingerprint density at radius 1 is 1.45 bits per heavy atom. The predicted molar refractivity (Wildman–Crippen MR) is 76.5 cm³/mol. The summed E-state index contributed by atoms with van der Waals surface area (Å²) in [6.45, 7) is 3.78. The van der Waals surface area contributed by atoms with Crippen molar-refractivity contribution in [1.82, 2.24) is 5.32 Å². The summed E-state index contributed by atoms with van der Waals surface area (Å²) in [5.41, 5.74) is 0.202. The Labute approximate surface area is 123 Å². The maximum atomic E-state index is 12.3. The number of imide groups is 1. The van der Waals surface area contributed by atoms with E-state index in [1.54, 1.807) is 25.3 Å². The SMILES string of the molecule is COC(C)C1(C)CC(=O)NC(=O)C1c1cccc(Cl)c1. The van der Waals surface area contributed by atoms with Crippen LogP contribution in [0.2, 0.25) is 5.02 Å². The summed E-state index contributed by atoms with van der Waals surface area (Å²) < 4.78 is 5.41. The number of ether oxygens (including phenoxy) is 1. The van der Waals surface area contributed by atoms with E-state index in [-0.39, 0.29) is 24.3 Å². The average Bonchev–Trinajstić information content (AvgIpc) is 2.36. The van der Waals surface area contributed by atoms with Crippen molar-refractivity contribution in [2.75, 3.05) is 7.11 Å². The third-order valence-electron chi connectivity index (χ3n) is 4.19. The summed E-state index contributed by atoms with van der Waals surface area (Å²) in [6.07, 6.45) is 0.00626. The van der Waals surface area contributed by atoms with Crippen molar-refractivity contribution in [2.24, 2.45) is 5.41 Å². The number of nitrogens with one attached hydrogen (secondary N) is 1. The number of amides is 2. The highest BCUT2D eigenvalue weighted by Crippen LogP contribution is 2.45. The average molecular weight is 296 g/mol. The van der Waals surface area contributed by atoms with Crippen molar-refractivity contribution in [3.8, 4) is 0 Å². The second-order valence-electron chi connectivity index (χ2n) is 5.46. The van der Waals surface area contributed by atoms with E-state index >= 15 is 0 Å². The van der Waals surface area contributed by atoms with Crippen molar-refractivity contribution >= 4 is 23.4 Å². The van der Waals surface area contributed by atoms with Gasteiger partial charge in [-0.25, -0.2) is 0 Å². The van der Waals surface area contributed by atoms with Crippen LogP contribution in [-0.4, -0.2) is 25.0 Å². The maximum absolute atomic E-state index is 12.3. The minimum Gasteiger partial charge on any atom is -0.381 e. The molecular weight excluding hydrogens is 278 g/mol. The van der Waals surface area contributed by atoms with Crippen LogP contribution in [0.5, 0.6) is 0 Å². The lowest BCUT2D eigenvalue weighted by molar-refractivity contribution is -0.144. The standard InChI is InChI=1S/C15H18ClNO3/c1-9(20-3)15(2)8-12(18)17-14(19)13(15)10-5-4-6-11(16)7-10/h4-7,9,13H,8H2,1-3H3,(H,17,18,19). The van der Waals surface area contributed by atoms with Crippen LogP contribution in [0.15, 0.2) is 24.3 Å². The third kappa shape index (κ3) is 2.58. The fourth-order valence-corrected chi connectivity index (χ4v) is 3.07. The van der Waals surface area contributed by atoms with Gasteiger partial charge in [-0.15, -0.1) is 0 Å². The molecule has 1 aromatic carbocycles. The van der Waals surface area contributed by atoms with Crippen molar-refractivity contribution in [3.63, 3.8) is 0 Å². The van der Waals surface area contributed by atoms with Gasteiger partial charge in [-0.2, -0.15) is 0 Å². The van der Waals surface area contributed by atoms with Crippen LogP contribution in [-0.2, 0) is 14.3 Å². The Balaban J connectivity index is 2.50. The molecule has 20 heavy (non-hydrogen) atoms. The lowest BCUT2D eigenvalue weighted by Crippen LogP contribution is -2.53. The lowest BCUT2D eigenvalue weighted by Gasteiger charge is -2.43. The molecule has 1 heterocycles. The molecule has 108 valence electrons.